The van der Waals surface area contributed by atoms with E-state index in [4.69, 9.17) is 10.5 Å². The molecule has 0 unspecified atom stereocenters. The van der Waals surface area contributed by atoms with Gasteiger partial charge in [0.25, 0.3) is 0 Å². The maximum Gasteiger partial charge on any atom is 0.186 e. The fourth-order valence-electron chi connectivity index (χ4n) is 2.16. The Morgan fingerprint density at radius 3 is 3.18 bits per heavy atom. The standard InChI is InChI=1S/C12H15N3OS/c1-16-9-4-5-15(7-9)12-14-10-3-2-8(13)6-11(10)17-12/h2-3,6,9H,4-5,7,13H2,1H3/t9-/m1/s1. The Balaban J connectivity index is 1.91. The number of nitrogen functional groups attached to an aromatic ring is 1. The highest BCUT2D eigenvalue weighted by atomic mass is 32.1. The van der Waals surface area contributed by atoms with E-state index in [1.807, 2.05) is 18.2 Å². The van der Waals surface area contributed by atoms with Crippen molar-refractivity contribution in [1.29, 1.82) is 0 Å². The topological polar surface area (TPSA) is 51.4 Å². The summed E-state index contributed by atoms with van der Waals surface area (Å²) in [5, 5.41) is 1.07. The third kappa shape index (κ3) is 1.96. The van der Waals surface area contributed by atoms with E-state index in [1.165, 1.54) is 0 Å². The molecule has 1 aromatic carbocycles. The molecular formula is C12H15N3OS. The van der Waals surface area contributed by atoms with Gasteiger partial charge in [-0.2, -0.15) is 0 Å². The van der Waals surface area contributed by atoms with Gasteiger partial charge in [0.15, 0.2) is 5.13 Å². The summed E-state index contributed by atoms with van der Waals surface area (Å²) in [5.41, 5.74) is 7.60. The summed E-state index contributed by atoms with van der Waals surface area (Å²) in [4.78, 5) is 6.92. The summed E-state index contributed by atoms with van der Waals surface area (Å²) in [5.74, 6) is 0. The molecule has 17 heavy (non-hydrogen) atoms. The van der Waals surface area contributed by atoms with E-state index in [0.717, 1.165) is 40.5 Å². The first-order valence-electron chi connectivity index (χ1n) is 5.70. The van der Waals surface area contributed by atoms with Crippen molar-refractivity contribution in [2.75, 3.05) is 30.8 Å². The molecule has 1 saturated heterocycles. The zero-order valence-corrected chi connectivity index (χ0v) is 10.5. The Kier molecular flexibility index (Phi) is 2.64. The normalized spacial score (nSPS) is 20.3. The minimum absolute atomic E-state index is 0.340. The van der Waals surface area contributed by atoms with Crippen LogP contribution in [-0.4, -0.2) is 31.3 Å². The minimum Gasteiger partial charge on any atom is -0.399 e. The number of nitrogens with zero attached hydrogens (tertiary/aromatic N) is 2. The lowest BCUT2D eigenvalue weighted by Crippen LogP contribution is -2.21. The predicted molar refractivity (Wildman–Crippen MR) is 71.7 cm³/mol. The number of thiazole rings is 1. The number of fused-ring (bicyclic) bond motifs is 1. The van der Waals surface area contributed by atoms with Gasteiger partial charge < -0.3 is 15.4 Å². The predicted octanol–water partition coefficient (Wildman–Crippen LogP) is 2.10. The van der Waals surface area contributed by atoms with Crippen molar-refractivity contribution in [2.24, 2.45) is 0 Å². The Bertz CT molecular complexity index is 540. The summed E-state index contributed by atoms with van der Waals surface area (Å²) < 4.78 is 6.52. The average Bonchev–Trinajstić information content (AvgIpc) is 2.93. The minimum atomic E-state index is 0.340. The van der Waals surface area contributed by atoms with E-state index < -0.39 is 0 Å². The third-order valence-corrected chi connectivity index (χ3v) is 4.23. The van der Waals surface area contributed by atoms with Crippen LogP contribution >= 0.6 is 11.3 Å². The molecule has 0 saturated carbocycles. The number of nitrogens with two attached hydrogens (primary N) is 1. The molecule has 1 aliphatic rings. The van der Waals surface area contributed by atoms with Gasteiger partial charge in [-0.25, -0.2) is 4.98 Å². The average molecular weight is 249 g/mol. The van der Waals surface area contributed by atoms with Crippen molar-refractivity contribution in [2.45, 2.75) is 12.5 Å². The lowest BCUT2D eigenvalue weighted by molar-refractivity contribution is 0.121. The van der Waals surface area contributed by atoms with Gasteiger partial charge in [-0.15, -0.1) is 0 Å². The number of hydrogen-bond donors (Lipinski definition) is 1. The highest BCUT2D eigenvalue weighted by molar-refractivity contribution is 7.22. The molecule has 0 amide bonds. The van der Waals surface area contributed by atoms with Gasteiger partial charge >= 0.3 is 0 Å². The van der Waals surface area contributed by atoms with Gasteiger partial charge in [0.1, 0.15) is 0 Å². The van der Waals surface area contributed by atoms with Gasteiger partial charge in [0, 0.05) is 25.9 Å². The second-order valence-electron chi connectivity index (χ2n) is 4.32. The molecule has 5 heteroatoms. The number of hydrogen-bond acceptors (Lipinski definition) is 5. The highest BCUT2D eigenvalue weighted by Crippen LogP contribution is 2.32. The molecule has 1 aromatic heterocycles. The van der Waals surface area contributed by atoms with Gasteiger partial charge in [0.05, 0.1) is 16.3 Å². The fraction of sp³-hybridized carbons (Fsp3) is 0.417. The quantitative estimate of drug-likeness (QED) is 0.828. The first-order valence-corrected chi connectivity index (χ1v) is 6.52. The first kappa shape index (κ1) is 10.8. The Morgan fingerprint density at radius 2 is 2.41 bits per heavy atom. The largest absolute Gasteiger partial charge is 0.399 e. The molecule has 4 nitrogen and oxygen atoms in total. The number of methoxy groups -OCH3 is 1. The summed E-state index contributed by atoms with van der Waals surface area (Å²) in [6.45, 7) is 1.96. The van der Waals surface area contributed by atoms with Gasteiger partial charge in [-0.3, -0.25) is 0 Å². The first-order chi connectivity index (χ1) is 8.26. The van der Waals surface area contributed by atoms with Crippen LogP contribution < -0.4 is 10.6 Å². The van der Waals surface area contributed by atoms with Crippen molar-refractivity contribution >= 4 is 32.4 Å². The molecular weight excluding hydrogens is 234 g/mol. The van der Waals surface area contributed by atoms with Crippen LogP contribution in [0.2, 0.25) is 0 Å². The van der Waals surface area contributed by atoms with Crippen LogP contribution in [0.25, 0.3) is 10.2 Å². The van der Waals surface area contributed by atoms with Crippen LogP contribution in [0.3, 0.4) is 0 Å². The van der Waals surface area contributed by atoms with E-state index in [0.29, 0.717) is 6.10 Å². The molecule has 90 valence electrons. The molecule has 2 heterocycles. The number of ether oxygens (including phenoxy) is 1. The van der Waals surface area contributed by atoms with Crippen molar-refractivity contribution in [3.63, 3.8) is 0 Å². The van der Waals surface area contributed by atoms with Crippen LogP contribution in [0.1, 0.15) is 6.42 Å². The van der Waals surface area contributed by atoms with Gasteiger partial charge in [-0.05, 0) is 24.6 Å². The summed E-state index contributed by atoms with van der Waals surface area (Å²) in [6.07, 6.45) is 1.42. The van der Waals surface area contributed by atoms with Gasteiger partial charge in [0.2, 0.25) is 0 Å². The van der Waals surface area contributed by atoms with E-state index in [1.54, 1.807) is 18.4 Å². The molecule has 0 spiro atoms. The summed E-state index contributed by atoms with van der Waals surface area (Å²) >= 11 is 1.70. The zero-order chi connectivity index (χ0) is 11.8. The molecule has 0 aliphatic carbocycles. The molecule has 0 bridgehead atoms. The van der Waals surface area contributed by atoms with E-state index in [-0.39, 0.29) is 0 Å². The lowest BCUT2D eigenvalue weighted by atomic mass is 10.3. The molecule has 1 aliphatic heterocycles. The van der Waals surface area contributed by atoms with Crippen LogP contribution in [0, 0.1) is 0 Å². The fourth-order valence-corrected chi connectivity index (χ4v) is 3.21. The molecule has 1 fully saturated rings. The van der Waals surface area contributed by atoms with Crippen LogP contribution in [0.15, 0.2) is 18.2 Å². The highest BCUT2D eigenvalue weighted by Gasteiger charge is 2.24. The van der Waals surface area contributed by atoms with Crippen molar-refractivity contribution in [3.8, 4) is 0 Å². The van der Waals surface area contributed by atoms with E-state index >= 15 is 0 Å². The Morgan fingerprint density at radius 1 is 1.53 bits per heavy atom. The second-order valence-corrected chi connectivity index (χ2v) is 5.33. The van der Waals surface area contributed by atoms with E-state index in [9.17, 15) is 0 Å². The Hall–Kier alpha value is -1.33. The molecule has 0 radical (unpaired) electrons. The van der Waals surface area contributed by atoms with Crippen molar-refractivity contribution in [3.05, 3.63) is 18.2 Å². The number of benzene rings is 1. The summed E-state index contributed by atoms with van der Waals surface area (Å²) in [6, 6.07) is 5.86. The molecule has 2 N–H and O–H groups in total. The monoisotopic (exact) mass is 249 g/mol. The number of anilines is 2. The smallest absolute Gasteiger partial charge is 0.186 e. The number of aromatic nitrogens is 1. The lowest BCUT2D eigenvalue weighted by Gasteiger charge is -2.13. The van der Waals surface area contributed by atoms with Gasteiger partial charge in [-0.1, -0.05) is 11.3 Å². The van der Waals surface area contributed by atoms with Crippen molar-refractivity contribution < 1.29 is 4.74 Å². The van der Waals surface area contributed by atoms with E-state index in [2.05, 4.69) is 9.88 Å². The third-order valence-electron chi connectivity index (χ3n) is 3.15. The summed E-state index contributed by atoms with van der Waals surface area (Å²) in [7, 11) is 1.77. The van der Waals surface area contributed by atoms with Crippen LogP contribution in [-0.2, 0) is 4.74 Å². The molecule has 3 rings (SSSR count). The van der Waals surface area contributed by atoms with Crippen LogP contribution in [0.4, 0.5) is 10.8 Å². The Labute approximate surface area is 104 Å². The zero-order valence-electron chi connectivity index (χ0n) is 9.72. The maximum absolute atomic E-state index is 5.78. The molecule has 1 atom stereocenters. The van der Waals surface area contributed by atoms with Crippen molar-refractivity contribution in [1.82, 2.24) is 4.98 Å². The number of rotatable bonds is 2. The molecule has 2 aromatic rings. The second kappa shape index (κ2) is 4.16. The SMILES string of the molecule is CO[C@@H]1CCN(c2nc3ccc(N)cc3s2)C1. The maximum atomic E-state index is 5.78. The van der Waals surface area contributed by atoms with Crippen LogP contribution in [0.5, 0.6) is 0 Å².